The topological polar surface area (TPSA) is 34.1 Å². The summed E-state index contributed by atoms with van der Waals surface area (Å²) in [6.45, 7) is 3.75. The Morgan fingerprint density at radius 1 is 1.50 bits per heavy atom. The van der Waals surface area contributed by atoms with Crippen molar-refractivity contribution in [2.45, 2.75) is 38.1 Å². The minimum absolute atomic E-state index is 0.136. The van der Waals surface area contributed by atoms with Crippen molar-refractivity contribution in [1.82, 2.24) is 10.3 Å². The van der Waals surface area contributed by atoms with Gasteiger partial charge in [0, 0.05) is 24.7 Å². The zero-order valence-electron chi connectivity index (χ0n) is 10.1. The third-order valence-electron chi connectivity index (χ3n) is 3.26. The van der Waals surface area contributed by atoms with Crippen molar-refractivity contribution < 1.29 is 4.74 Å². The first-order chi connectivity index (χ1) is 7.77. The fraction of sp³-hybridized carbons (Fsp3) is 0.750. The molecule has 0 aliphatic heterocycles. The van der Waals surface area contributed by atoms with Crippen LogP contribution in [0.25, 0.3) is 0 Å². The molecule has 0 spiro atoms. The van der Waals surface area contributed by atoms with E-state index in [2.05, 4.69) is 22.6 Å². The molecule has 0 aromatic carbocycles. The number of ether oxygens (including phenoxy) is 1. The summed E-state index contributed by atoms with van der Waals surface area (Å²) < 4.78 is 5.11. The zero-order chi connectivity index (χ0) is 11.4. The van der Waals surface area contributed by atoms with Crippen LogP contribution in [0.4, 0.5) is 0 Å². The Bertz CT molecular complexity index is 332. The van der Waals surface area contributed by atoms with Gasteiger partial charge in [-0.2, -0.15) is 0 Å². The van der Waals surface area contributed by atoms with E-state index in [9.17, 15) is 0 Å². The number of aryl methyl sites for hydroxylation is 1. The van der Waals surface area contributed by atoms with Crippen LogP contribution in [0.2, 0.25) is 0 Å². The van der Waals surface area contributed by atoms with Gasteiger partial charge in [-0.3, -0.25) is 0 Å². The molecule has 16 heavy (non-hydrogen) atoms. The minimum atomic E-state index is 0.136. The average molecular weight is 240 g/mol. The van der Waals surface area contributed by atoms with E-state index in [0.29, 0.717) is 0 Å². The molecule has 1 fully saturated rings. The Labute approximate surface area is 101 Å². The summed E-state index contributed by atoms with van der Waals surface area (Å²) in [6.07, 6.45) is 5.03. The molecule has 2 rings (SSSR count). The molecule has 0 radical (unpaired) electrons. The summed E-state index contributed by atoms with van der Waals surface area (Å²) in [5.74, 6) is 0. The molecule has 3 nitrogen and oxygen atoms in total. The van der Waals surface area contributed by atoms with Crippen molar-refractivity contribution in [3.63, 3.8) is 0 Å². The van der Waals surface area contributed by atoms with Crippen molar-refractivity contribution in [3.8, 4) is 0 Å². The van der Waals surface area contributed by atoms with Crippen LogP contribution in [0.1, 0.15) is 36.4 Å². The lowest BCUT2D eigenvalue weighted by molar-refractivity contribution is 0.183. The van der Waals surface area contributed by atoms with Crippen molar-refractivity contribution in [1.29, 1.82) is 0 Å². The van der Waals surface area contributed by atoms with Gasteiger partial charge in [-0.15, -0.1) is 11.3 Å². The van der Waals surface area contributed by atoms with Gasteiger partial charge < -0.3 is 10.1 Å². The quantitative estimate of drug-likeness (QED) is 0.803. The van der Waals surface area contributed by atoms with Gasteiger partial charge in [0.1, 0.15) is 5.01 Å². The largest absolute Gasteiger partial charge is 0.383 e. The van der Waals surface area contributed by atoms with Gasteiger partial charge in [-0.05, 0) is 19.8 Å². The van der Waals surface area contributed by atoms with Crippen LogP contribution in [-0.2, 0) is 10.3 Å². The number of thiazole rings is 1. The first-order valence-corrected chi connectivity index (χ1v) is 6.81. The molecule has 0 bridgehead atoms. The zero-order valence-corrected chi connectivity index (χ0v) is 10.9. The molecular weight excluding hydrogens is 220 g/mol. The molecule has 1 aliphatic rings. The third kappa shape index (κ3) is 2.44. The smallest absolute Gasteiger partial charge is 0.113 e. The number of nitrogens with zero attached hydrogens (tertiary/aromatic N) is 1. The maximum atomic E-state index is 5.11. The van der Waals surface area contributed by atoms with Crippen molar-refractivity contribution >= 4 is 11.3 Å². The van der Waals surface area contributed by atoms with Crippen LogP contribution >= 0.6 is 11.3 Å². The summed E-state index contributed by atoms with van der Waals surface area (Å²) in [7, 11) is 1.75. The molecule has 0 saturated heterocycles. The first kappa shape index (κ1) is 12.0. The Morgan fingerprint density at radius 2 is 2.25 bits per heavy atom. The van der Waals surface area contributed by atoms with E-state index in [0.717, 1.165) is 18.8 Å². The molecule has 90 valence electrons. The molecule has 0 atom stereocenters. The predicted molar refractivity (Wildman–Crippen MR) is 66.9 cm³/mol. The predicted octanol–water partition coefficient (Wildman–Crippen LogP) is 2.46. The Morgan fingerprint density at radius 3 is 2.81 bits per heavy atom. The standard InChI is InChI=1S/C12H20N2OS/c1-10-9-16-11(14-10)12(5-3-4-6-12)13-7-8-15-2/h9,13H,3-8H2,1-2H3. The molecule has 1 aromatic heterocycles. The fourth-order valence-corrected chi connectivity index (χ4v) is 3.44. The molecule has 1 saturated carbocycles. The molecule has 1 aromatic rings. The van der Waals surface area contributed by atoms with Crippen LogP contribution in [0, 0.1) is 6.92 Å². The van der Waals surface area contributed by atoms with Crippen LogP contribution < -0.4 is 5.32 Å². The number of rotatable bonds is 5. The number of nitrogens with one attached hydrogen (secondary N) is 1. The minimum Gasteiger partial charge on any atom is -0.383 e. The molecule has 0 amide bonds. The van der Waals surface area contributed by atoms with Crippen LogP contribution in [0.5, 0.6) is 0 Å². The maximum absolute atomic E-state index is 5.11. The second-order valence-corrected chi connectivity index (χ2v) is 5.36. The number of hydrogen-bond donors (Lipinski definition) is 1. The van der Waals surface area contributed by atoms with Gasteiger partial charge in [-0.1, -0.05) is 12.8 Å². The van der Waals surface area contributed by atoms with E-state index in [1.165, 1.54) is 30.7 Å². The second kappa shape index (κ2) is 5.25. The Balaban J connectivity index is 2.09. The fourth-order valence-electron chi connectivity index (χ4n) is 2.41. The summed E-state index contributed by atoms with van der Waals surface area (Å²) >= 11 is 1.79. The molecule has 1 N–H and O–H groups in total. The van der Waals surface area contributed by atoms with Crippen LogP contribution in [0.3, 0.4) is 0 Å². The highest BCUT2D eigenvalue weighted by Crippen LogP contribution is 2.39. The van der Waals surface area contributed by atoms with Gasteiger partial charge in [0.15, 0.2) is 0 Å². The van der Waals surface area contributed by atoms with Crippen LogP contribution in [0.15, 0.2) is 5.38 Å². The number of hydrogen-bond acceptors (Lipinski definition) is 4. The number of methoxy groups -OCH3 is 1. The van der Waals surface area contributed by atoms with Crippen molar-refractivity contribution in [2.24, 2.45) is 0 Å². The molecular formula is C12H20N2OS. The normalized spacial score (nSPS) is 19.1. The van der Waals surface area contributed by atoms with Gasteiger partial charge in [0.2, 0.25) is 0 Å². The third-order valence-corrected chi connectivity index (χ3v) is 4.42. The lowest BCUT2D eigenvalue weighted by Gasteiger charge is -2.28. The molecule has 4 heteroatoms. The van der Waals surface area contributed by atoms with Crippen LogP contribution in [-0.4, -0.2) is 25.2 Å². The number of aromatic nitrogens is 1. The van der Waals surface area contributed by atoms with Gasteiger partial charge in [0.05, 0.1) is 12.1 Å². The summed E-state index contributed by atoms with van der Waals surface area (Å²) in [4.78, 5) is 4.66. The lowest BCUT2D eigenvalue weighted by Crippen LogP contribution is -2.41. The molecule has 1 heterocycles. The maximum Gasteiger partial charge on any atom is 0.113 e. The van der Waals surface area contributed by atoms with E-state index in [4.69, 9.17) is 4.74 Å². The monoisotopic (exact) mass is 240 g/mol. The highest BCUT2D eigenvalue weighted by atomic mass is 32.1. The molecule has 1 aliphatic carbocycles. The summed E-state index contributed by atoms with van der Waals surface area (Å²) in [5.41, 5.74) is 1.28. The van der Waals surface area contributed by atoms with Crippen molar-refractivity contribution in [3.05, 3.63) is 16.1 Å². The van der Waals surface area contributed by atoms with E-state index >= 15 is 0 Å². The van der Waals surface area contributed by atoms with Gasteiger partial charge in [-0.25, -0.2) is 4.98 Å². The summed E-state index contributed by atoms with van der Waals surface area (Å²) in [5, 5.41) is 7.06. The van der Waals surface area contributed by atoms with Crippen molar-refractivity contribution in [2.75, 3.05) is 20.3 Å². The van der Waals surface area contributed by atoms with Gasteiger partial charge in [0.25, 0.3) is 0 Å². The first-order valence-electron chi connectivity index (χ1n) is 5.93. The molecule has 0 unspecified atom stereocenters. The van der Waals surface area contributed by atoms with Gasteiger partial charge >= 0.3 is 0 Å². The van der Waals surface area contributed by atoms with E-state index < -0.39 is 0 Å². The second-order valence-electron chi connectivity index (χ2n) is 4.50. The average Bonchev–Trinajstić information content (AvgIpc) is 2.88. The highest BCUT2D eigenvalue weighted by Gasteiger charge is 2.37. The van der Waals surface area contributed by atoms with E-state index in [-0.39, 0.29) is 5.54 Å². The SMILES string of the molecule is COCCNC1(c2nc(C)cs2)CCCC1. The van der Waals surface area contributed by atoms with E-state index in [1.54, 1.807) is 18.4 Å². The van der Waals surface area contributed by atoms with E-state index in [1.807, 2.05) is 0 Å². The highest BCUT2D eigenvalue weighted by molar-refractivity contribution is 7.09. The summed E-state index contributed by atoms with van der Waals surface area (Å²) in [6, 6.07) is 0. The Kier molecular flexibility index (Phi) is 3.95. The Hall–Kier alpha value is -0.450. The lowest BCUT2D eigenvalue weighted by atomic mass is 9.98.